The molecule has 2 heterocycles. The summed E-state index contributed by atoms with van der Waals surface area (Å²) in [6.45, 7) is 3.11. The minimum absolute atomic E-state index is 0. The first-order valence-electron chi connectivity index (χ1n) is 7.74. The molecule has 136 valence electrons. The molecule has 0 unspecified atom stereocenters. The molecule has 1 aromatic carbocycles. The van der Waals surface area contributed by atoms with Gasteiger partial charge >= 0.3 is 0 Å². The summed E-state index contributed by atoms with van der Waals surface area (Å²) in [5.41, 5.74) is 1.42. The molecule has 0 bridgehead atoms. The predicted octanol–water partition coefficient (Wildman–Crippen LogP) is 1.58. The fourth-order valence-corrected chi connectivity index (χ4v) is 2.72. The van der Waals surface area contributed by atoms with Gasteiger partial charge in [-0.05, 0) is 24.3 Å². The summed E-state index contributed by atoms with van der Waals surface area (Å²) in [5, 5.41) is 4.13. The second kappa shape index (κ2) is 9.56. The van der Waals surface area contributed by atoms with Crippen LogP contribution in [0.2, 0.25) is 0 Å². The Kier molecular flexibility index (Phi) is 8.09. The number of benzene rings is 1. The Bertz CT molecular complexity index is 735. The maximum Gasteiger partial charge on any atom is 0.254 e. The van der Waals surface area contributed by atoms with Crippen LogP contribution in [0.5, 0.6) is 0 Å². The first-order valence-corrected chi connectivity index (χ1v) is 7.74. The summed E-state index contributed by atoms with van der Waals surface area (Å²) in [5.74, 6) is -0.163. The van der Waals surface area contributed by atoms with Crippen LogP contribution >= 0.6 is 24.8 Å². The van der Waals surface area contributed by atoms with Crippen LogP contribution in [0, 0.1) is 0 Å². The zero-order chi connectivity index (χ0) is 16.2. The van der Waals surface area contributed by atoms with Gasteiger partial charge in [0.2, 0.25) is 5.91 Å². The molecular weight excluding hydrogens is 363 g/mol. The number of piperazine rings is 1. The largest absolute Gasteiger partial charge is 0.339 e. The Hall–Kier alpha value is -1.89. The van der Waals surface area contributed by atoms with E-state index in [1.165, 1.54) is 4.90 Å². The minimum atomic E-state index is -0.153. The summed E-state index contributed by atoms with van der Waals surface area (Å²) in [6, 6.07) is 9.16. The van der Waals surface area contributed by atoms with E-state index in [0.29, 0.717) is 18.7 Å². The smallest absolute Gasteiger partial charge is 0.254 e. The Morgan fingerprint density at radius 1 is 1.20 bits per heavy atom. The normalized spacial score (nSPS) is 13.6. The number of pyridine rings is 1. The number of nitrogens with one attached hydrogen (secondary N) is 1. The van der Waals surface area contributed by atoms with Crippen LogP contribution in [0.1, 0.15) is 10.4 Å². The van der Waals surface area contributed by atoms with Gasteiger partial charge in [-0.3, -0.25) is 14.6 Å². The van der Waals surface area contributed by atoms with Crippen molar-refractivity contribution in [1.29, 1.82) is 0 Å². The number of carbonyl (C=O) groups excluding carboxylic acids is 2. The molecule has 1 fully saturated rings. The highest BCUT2D eigenvalue weighted by Gasteiger charge is 2.20. The monoisotopic (exact) mass is 384 g/mol. The third-order valence-electron chi connectivity index (χ3n) is 4.04. The highest BCUT2D eigenvalue weighted by Crippen LogP contribution is 2.14. The number of nitrogens with zero attached hydrogens (tertiary/aromatic N) is 3. The molecule has 1 saturated heterocycles. The third-order valence-corrected chi connectivity index (χ3v) is 4.04. The second-order valence-electron chi connectivity index (χ2n) is 5.70. The second-order valence-corrected chi connectivity index (χ2v) is 5.70. The molecule has 1 aliphatic heterocycles. The topological polar surface area (TPSA) is 65.5 Å². The van der Waals surface area contributed by atoms with E-state index in [4.69, 9.17) is 0 Å². The molecule has 1 aromatic heterocycles. The molecule has 8 heteroatoms. The Labute approximate surface area is 159 Å². The third kappa shape index (κ3) is 5.04. The number of halogens is 2. The lowest BCUT2D eigenvalue weighted by Crippen LogP contribution is -2.49. The summed E-state index contributed by atoms with van der Waals surface area (Å²) in [7, 11) is 1.66. The van der Waals surface area contributed by atoms with Gasteiger partial charge in [-0.2, -0.15) is 0 Å². The summed E-state index contributed by atoms with van der Waals surface area (Å²) < 4.78 is 0. The van der Waals surface area contributed by atoms with E-state index in [1.54, 1.807) is 24.2 Å². The number of amides is 2. The van der Waals surface area contributed by atoms with Gasteiger partial charge in [0.25, 0.3) is 5.91 Å². The van der Waals surface area contributed by atoms with Crippen molar-refractivity contribution in [3.63, 3.8) is 0 Å². The van der Waals surface area contributed by atoms with Crippen LogP contribution in [-0.4, -0.2) is 66.4 Å². The highest BCUT2D eigenvalue weighted by molar-refractivity contribution is 5.99. The van der Waals surface area contributed by atoms with E-state index >= 15 is 0 Å². The van der Waals surface area contributed by atoms with Gasteiger partial charge < -0.3 is 15.1 Å². The molecule has 25 heavy (non-hydrogen) atoms. The number of rotatable bonds is 3. The van der Waals surface area contributed by atoms with Gasteiger partial charge in [-0.15, -0.1) is 24.8 Å². The SMILES string of the molecule is CN(CC(=O)N1CCNCC1)C(=O)c1ccc2ncccc2c1.Cl.Cl. The Balaban J connectivity index is 0.00000156. The number of carbonyl (C=O) groups is 2. The van der Waals surface area contributed by atoms with Crippen LogP contribution in [-0.2, 0) is 4.79 Å². The fourth-order valence-electron chi connectivity index (χ4n) is 2.72. The van der Waals surface area contributed by atoms with E-state index in [1.807, 2.05) is 24.3 Å². The maximum absolute atomic E-state index is 12.5. The van der Waals surface area contributed by atoms with E-state index < -0.39 is 0 Å². The molecule has 0 atom stereocenters. The molecule has 0 aliphatic carbocycles. The van der Waals surface area contributed by atoms with Crippen molar-refractivity contribution >= 4 is 47.5 Å². The van der Waals surface area contributed by atoms with Crippen molar-refractivity contribution in [2.75, 3.05) is 39.8 Å². The fraction of sp³-hybridized carbons (Fsp3) is 0.353. The van der Waals surface area contributed by atoms with Crippen molar-refractivity contribution in [3.05, 3.63) is 42.1 Å². The minimum Gasteiger partial charge on any atom is -0.339 e. The van der Waals surface area contributed by atoms with Crippen LogP contribution in [0.15, 0.2) is 36.5 Å². The Morgan fingerprint density at radius 2 is 1.92 bits per heavy atom. The molecule has 2 amide bonds. The quantitative estimate of drug-likeness (QED) is 0.872. The number of hydrogen-bond acceptors (Lipinski definition) is 4. The first kappa shape index (κ1) is 21.2. The molecule has 0 saturated carbocycles. The average molecular weight is 385 g/mol. The van der Waals surface area contributed by atoms with Gasteiger partial charge in [0, 0.05) is 50.4 Å². The van der Waals surface area contributed by atoms with Crippen molar-refractivity contribution < 1.29 is 9.59 Å². The summed E-state index contributed by atoms with van der Waals surface area (Å²) >= 11 is 0. The standard InChI is InChI=1S/C17H20N4O2.2ClH/c1-20(12-16(22)21-9-7-18-8-10-21)17(23)14-4-5-15-13(11-14)3-2-6-19-15;;/h2-6,11,18H,7-10,12H2,1H3;2*1H. The van der Waals surface area contributed by atoms with Gasteiger partial charge in [0.1, 0.15) is 0 Å². The summed E-state index contributed by atoms with van der Waals surface area (Å²) in [6.07, 6.45) is 1.72. The van der Waals surface area contributed by atoms with E-state index in [-0.39, 0.29) is 43.2 Å². The molecular formula is C17H22Cl2N4O2. The number of likely N-dealkylation sites (N-methyl/N-ethyl adjacent to an activating group) is 1. The van der Waals surface area contributed by atoms with Crippen molar-refractivity contribution in [1.82, 2.24) is 20.1 Å². The number of aromatic nitrogens is 1. The van der Waals surface area contributed by atoms with Crippen LogP contribution in [0.25, 0.3) is 10.9 Å². The lowest BCUT2D eigenvalue weighted by Gasteiger charge is -2.29. The zero-order valence-corrected chi connectivity index (χ0v) is 15.6. The van der Waals surface area contributed by atoms with Crippen molar-refractivity contribution in [3.8, 4) is 0 Å². The number of fused-ring (bicyclic) bond motifs is 1. The molecule has 2 aromatic rings. The lowest BCUT2D eigenvalue weighted by molar-refractivity contribution is -0.132. The van der Waals surface area contributed by atoms with Crippen molar-refractivity contribution in [2.45, 2.75) is 0 Å². The molecule has 6 nitrogen and oxygen atoms in total. The molecule has 0 radical (unpaired) electrons. The highest BCUT2D eigenvalue weighted by atomic mass is 35.5. The van der Waals surface area contributed by atoms with Gasteiger partial charge in [-0.25, -0.2) is 0 Å². The molecule has 3 rings (SSSR count). The van der Waals surface area contributed by atoms with Crippen LogP contribution < -0.4 is 5.32 Å². The van der Waals surface area contributed by atoms with Crippen LogP contribution in [0.3, 0.4) is 0 Å². The van der Waals surface area contributed by atoms with E-state index in [2.05, 4.69) is 10.3 Å². The number of hydrogen-bond donors (Lipinski definition) is 1. The zero-order valence-electron chi connectivity index (χ0n) is 14.0. The molecule has 0 spiro atoms. The Morgan fingerprint density at radius 3 is 2.64 bits per heavy atom. The van der Waals surface area contributed by atoms with Gasteiger partial charge in [-0.1, -0.05) is 6.07 Å². The van der Waals surface area contributed by atoms with Gasteiger partial charge in [0.15, 0.2) is 0 Å². The van der Waals surface area contributed by atoms with Crippen molar-refractivity contribution in [2.24, 2.45) is 0 Å². The van der Waals surface area contributed by atoms with E-state index in [9.17, 15) is 9.59 Å². The van der Waals surface area contributed by atoms with Crippen LogP contribution in [0.4, 0.5) is 0 Å². The lowest BCUT2D eigenvalue weighted by atomic mass is 10.1. The maximum atomic E-state index is 12.5. The van der Waals surface area contributed by atoms with E-state index in [0.717, 1.165) is 24.0 Å². The van der Waals surface area contributed by atoms with Gasteiger partial charge in [0.05, 0.1) is 12.1 Å². The molecule has 1 N–H and O–H groups in total. The average Bonchev–Trinajstić information content (AvgIpc) is 2.61. The summed E-state index contributed by atoms with van der Waals surface area (Å²) in [4.78, 5) is 32.3. The molecule has 1 aliphatic rings. The predicted molar refractivity (Wildman–Crippen MR) is 103 cm³/mol. The first-order chi connectivity index (χ1) is 11.1.